The van der Waals surface area contributed by atoms with Gasteiger partial charge in [0.05, 0.1) is 11.9 Å². The summed E-state index contributed by atoms with van der Waals surface area (Å²) in [5, 5.41) is 8.94. The minimum Gasteiger partial charge on any atom is -0.388 e. The topological polar surface area (TPSA) is 88.5 Å². The SMILES string of the molecule is C=CC(O)CS(=O)(=O)C(C)S(=O)(=O)C(F)(F)F. The number of rotatable bonds is 5. The van der Waals surface area contributed by atoms with Gasteiger partial charge in [0.15, 0.2) is 14.4 Å². The Kier molecular flexibility index (Phi) is 4.77. The third kappa shape index (κ3) is 3.68. The molecule has 1 N–H and O–H groups in total. The van der Waals surface area contributed by atoms with Crippen LogP contribution in [-0.4, -0.2) is 43.9 Å². The van der Waals surface area contributed by atoms with Crippen LogP contribution in [0.5, 0.6) is 0 Å². The predicted molar refractivity (Wildman–Crippen MR) is 54.4 cm³/mol. The fourth-order valence-corrected chi connectivity index (χ4v) is 4.19. The van der Waals surface area contributed by atoms with Crippen LogP contribution in [-0.2, 0) is 19.7 Å². The van der Waals surface area contributed by atoms with Crippen molar-refractivity contribution in [3.63, 3.8) is 0 Å². The molecule has 0 amide bonds. The Morgan fingerprint density at radius 2 is 1.71 bits per heavy atom. The van der Waals surface area contributed by atoms with Gasteiger partial charge in [-0.15, -0.1) is 6.58 Å². The summed E-state index contributed by atoms with van der Waals surface area (Å²) in [7, 11) is -10.5. The molecule has 0 heterocycles. The Hall–Kier alpha value is -0.610. The van der Waals surface area contributed by atoms with E-state index in [1.54, 1.807) is 0 Å². The number of halogens is 3. The summed E-state index contributed by atoms with van der Waals surface area (Å²) in [6, 6.07) is 0. The van der Waals surface area contributed by atoms with Crippen LogP contribution in [0.15, 0.2) is 12.7 Å². The molecule has 10 heteroatoms. The van der Waals surface area contributed by atoms with Crippen LogP contribution >= 0.6 is 0 Å². The molecule has 0 spiro atoms. The zero-order valence-corrected chi connectivity index (χ0v) is 10.3. The number of sulfone groups is 2. The van der Waals surface area contributed by atoms with E-state index in [2.05, 4.69) is 6.58 Å². The number of hydrogen-bond donors (Lipinski definition) is 1. The van der Waals surface area contributed by atoms with Crippen molar-refractivity contribution in [2.45, 2.75) is 23.1 Å². The van der Waals surface area contributed by atoms with E-state index in [-0.39, 0.29) is 0 Å². The van der Waals surface area contributed by atoms with Crippen molar-refractivity contribution >= 4 is 19.7 Å². The normalized spacial score (nSPS) is 17.5. The van der Waals surface area contributed by atoms with Crippen LogP contribution in [0.2, 0.25) is 0 Å². The quantitative estimate of drug-likeness (QED) is 0.734. The number of aliphatic hydroxyl groups excluding tert-OH is 1. The van der Waals surface area contributed by atoms with Crippen molar-refractivity contribution in [1.29, 1.82) is 0 Å². The molecule has 0 fully saturated rings. The van der Waals surface area contributed by atoms with E-state index >= 15 is 0 Å². The summed E-state index contributed by atoms with van der Waals surface area (Å²) in [4.78, 5) is 0. The van der Waals surface area contributed by atoms with Gasteiger partial charge in [-0.25, -0.2) is 16.8 Å². The molecule has 0 aromatic rings. The maximum Gasteiger partial charge on any atom is 0.498 e. The predicted octanol–water partition coefficient (Wildman–Crippen LogP) is 0.229. The zero-order chi connectivity index (χ0) is 14.1. The van der Waals surface area contributed by atoms with Crippen molar-refractivity contribution in [2.24, 2.45) is 0 Å². The molecule has 2 atom stereocenters. The lowest BCUT2D eigenvalue weighted by atomic mass is 10.4. The van der Waals surface area contributed by atoms with Gasteiger partial charge < -0.3 is 5.11 Å². The van der Waals surface area contributed by atoms with Gasteiger partial charge in [-0.3, -0.25) is 0 Å². The molecular formula is C7H11F3O5S2. The monoisotopic (exact) mass is 296 g/mol. The highest BCUT2D eigenvalue weighted by molar-refractivity contribution is 8.09. The average Bonchev–Trinajstić information content (AvgIpc) is 2.13. The molecule has 0 radical (unpaired) electrons. The molecule has 0 saturated heterocycles. The highest BCUT2D eigenvalue weighted by Gasteiger charge is 2.53. The zero-order valence-electron chi connectivity index (χ0n) is 8.68. The van der Waals surface area contributed by atoms with E-state index in [0.717, 1.165) is 6.08 Å². The summed E-state index contributed by atoms with van der Waals surface area (Å²) in [6.45, 7) is 3.44. The van der Waals surface area contributed by atoms with Gasteiger partial charge in [0, 0.05) is 0 Å². The summed E-state index contributed by atoms with van der Waals surface area (Å²) in [5.74, 6) is -1.13. The molecule has 102 valence electrons. The van der Waals surface area contributed by atoms with Crippen LogP contribution in [0.4, 0.5) is 13.2 Å². The third-order valence-electron chi connectivity index (χ3n) is 1.94. The standard InChI is InChI=1S/C7H11F3O5S2/c1-3-6(11)4-16(12,13)5(2)17(14,15)7(8,9)10/h3,5-6,11H,1,4H2,2H3. The fraction of sp³-hybridized carbons (Fsp3) is 0.714. The Balaban J connectivity index is 5.34. The van der Waals surface area contributed by atoms with Crippen LogP contribution in [0.25, 0.3) is 0 Å². The second-order valence-corrected chi connectivity index (χ2v) is 8.12. The van der Waals surface area contributed by atoms with E-state index in [4.69, 9.17) is 5.11 Å². The first-order valence-electron chi connectivity index (χ1n) is 4.18. The largest absolute Gasteiger partial charge is 0.498 e. The molecule has 0 rings (SSSR count). The molecule has 0 bridgehead atoms. The second-order valence-electron chi connectivity index (χ2n) is 3.19. The first-order chi connectivity index (χ1) is 7.36. The van der Waals surface area contributed by atoms with Crippen molar-refractivity contribution in [3.8, 4) is 0 Å². The van der Waals surface area contributed by atoms with Gasteiger partial charge in [-0.05, 0) is 6.92 Å². The number of alkyl halides is 3. The van der Waals surface area contributed by atoms with E-state index < -0.39 is 41.6 Å². The van der Waals surface area contributed by atoms with Gasteiger partial charge in [-0.2, -0.15) is 13.2 Å². The van der Waals surface area contributed by atoms with Gasteiger partial charge >= 0.3 is 5.51 Å². The Morgan fingerprint density at radius 1 is 1.29 bits per heavy atom. The smallest absolute Gasteiger partial charge is 0.388 e. The molecular weight excluding hydrogens is 285 g/mol. The van der Waals surface area contributed by atoms with E-state index in [1.807, 2.05) is 0 Å². The fourth-order valence-electron chi connectivity index (χ4n) is 0.823. The van der Waals surface area contributed by atoms with Crippen LogP contribution in [0, 0.1) is 0 Å². The Bertz CT molecular complexity index is 476. The summed E-state index contributed by atoms with van der Waals surface area (Å²) >= 11 is 0. The van der Waals surface area contributed by atoms with Crippen molar-refractivity contribution in [2.75, 3.05) is 5.75 Å². The van der Waals surface area contributed by atoms with Gasteiger partial charge in [0.25, 0.3) is 9.84 Å². The lowest BCUT2D eigenvalue weighted by molar-refractivity contribution is -0.0437. The summed E-state index contributed by atoms with van der Waals surface area (Å²) in [6.07, 6.45) is -0.837. The molecule has 0 aliphatic rings. The van der Waals surface area contributed by atoms with Crippen LogP contribution in [0.3, 0.4) is 0 Å². The molecule has 0 saturated carbocycles. The van der Waals surface area contributed by atoms with E-state index in [9.17, 15) is 30.0 Å². The minimum atomic E-state index is -5.82. The molecule has 0 aromatic heterocycles. The molecule has 0 aromatic carbocycles. The number of hydrogen-bond acceptors (Lipinski definition) is 5. The second kappa shape index (κ2) is 4.94. The van der Waals surface area contributed by atoms with E-state index in [0.29, 0.717) is 6.92 Å². The third-order valence-corrected chi connectivity index (χ3v) is 6.92. The lowest BCUT2D eigenvalue weighted by Gasteiger charge is -2.16. The van der Waals surface area contributed by atoms with Crippen molar-refractivity contribution in [3.05, 3.63) is 12.7 Å². The molecule has 17 heavy (non-hydrogen) atoms. The highest BCUT2D eigenvalue weighted by atomic mass is 32.3. The van der Waals surface area contributed by atoms with Crippen molar-refractivity contribution < 1.29 is 35.1 Å². The Labute approximate surface area is 96.8 Å². The first kappa shape index (κ1) is 16.4. The molecule has 0 aliphatic carbocycles. The lowest BCUT2D eigenvalue weighted by Crippen LogP contribution is -2.40. The Morgan fingerprint density at radius 3 is 2.00 bits per heavy atom. The molecule has 5 nitrogen and oxygen atoms in total. The van der Waals surface area contributed by atoms with Gasteiger partial charge in [-0.1, -0.05) is 6.08 Å². The highest BCUT2D eigenvalue weighted by Crippen LogP contribution is 2.29. The van der Waals surface area contributed by atoms with Gasteiger partial charge in [0.2, 0.25) is 0 Å². The van der Waals surface area contributed by atoms with Crippen molar-refractivity contribution in [1.82, 2.24) is 0 Å². The minimum absolute atomic E-state index is 0.411. The summed E-state index contributed by atoms with van der Waals surface area (Å²) in [5.41, 5.74) is -5.65. The summed E-state index contributed by atoms with van der Waals surface area (Å²) < 4.78 is 78.0. The van der Waals surface area contributed by atoms with E-state index in [1.165, 1.54) is 0 Å². The number of aliphatic hydroxyl groups is 1. The maximum atomic E-state index is 12.1. The maximum absolute atomic E-state index is 12.1. The molecule has 0 aliphatic heterocycles. The van der Waals surface area contributed by atoms with Gasteiger partial charge in [0.1, 0.15) is 0 Å². The average molecular weight is 296 g/mol. The van der Waals surface area contributed by atoms with Crippen LogP contribution < -0.4 is 0 Å². The molecule has 2 unspecified atom stereocenters. The van der Waals surface area contributed by atoms with Crippen LogP contribution in [0.1, 0.15) is 6.92 Å². The first-order valence-corrected chi connectivity index (χ1v) is 7.44.